The maximum atomic E-state index is 4.71. The van der Waals surface area contributed by atoms with Gasteiger partial charge in [0.1, 0.15) is 0 Å². The highest BCUT2D eigenvalue weighted by Gasteiger charge is 2.41. The third-order valence-corrected chi connectivity index (χ3v) is 7.03. The molecule has 34 heavy (non-hydrogen) atoms. The Morgan fingerprint density at radius 2 is 1.26 bits per heavy atom. The standard InChI is InChI=1S/C31H29N3/c1-31(2,3)26-18-16-24(17-19-26)30-33-32-29(34(30)28-11-7-10-25-20-27(25)28)23-14-12-22(13-15-23)21-8-5-4-6-9-21/h4-19,25,27H,20H2,1-3H3. The van der Waals surface area contributed by atoms with Gasteiger partial charge in [-0.1, -0.05) is 112 Å². The second-order valence-electron chi connectivity index (χ2n) is 10.4. The van der Waals surface area contributed by atoms with Crippen LogP contribution < -0.4 is 0 Å². The van der Waals surface area contributed by atoms with Crippen LogP contribution in [-0.4, -0.2) is 14.8 Å². The van der Waals surface area contributed by atoms with Gasteiger partial charge in [-0.05, 0) is 40.5 Å². The van der Waals surface area contributed by atoms with Crippen molar-refractivity contribution >= 4 is 5.70 Å². The average Bonchev–Trinajstić information content (AvgIpc) is 3.54. The number of rotatable bonds is 4. The molecule has 3 heteroatoms. The third-order valence-electron chi connectivity index (χ3n) is 7.03. The van der Waals surface area contributed by atoms with Gasteiger partial charge >= 0.3 is 0 Å². The zero-order valence-corrected chi connectivity index (χ0v) is 19.9. The lowest BCUT2D eigenvalue weighted by atomic mass is 9.86. The number of hydrogen-bond donors (Lipinski definition) is 0. The Labute approximate surface area is 201 Å². The fourth-order valence-corrected chi connectivity index (χ4v) is 4.89. The van der Waals surface area contributed by atoms with Gasteiger partial charge in [-0.2, -0.15) is 0 Å². The summed E-state index contributed by atoms with van der Waals surface area (Å²) >= 11 is 0. The Bertz CT molecular complexity index is 1380. The fourth-order valence-electron chi connectivity index (χ4n) is 4.89. The molecule has 2 unspecified atom stereocenters. The molecule has 3 nitrogen and oxygen atoms in total. The van der Waals surface area contributed by atoms with Gasteiger partial charge in [0.15, 0.2) is 11.6 Å². The van der Waals surface area contributed by atoms with Crippen molar-refractivity contribution in [2.75, 3.05) is 0 Å². The van der Waals surface area contributed by atoms with E-state index < -0.39 is 0 Å². The molecule has 1 heterocycles. The van der Waals surface area contributed by atoms with Crippen LogP contribution in [0.15, 0.2) is 97.1 Å². The number of benzene rings is 3. The van der Waals surface area contributed by atoms with E-state index in [2.05, 4.69) is 116 Å². The summed E-state index contributed by atoms with van der Waals surface area (Å²) in [6.07, 6.45) is 7.96. The van der Waals surface area contributed by atoms with Gasteiger partial charge in [0.25, 0.3) is 0 Å². The van der Waals surface area contributed by atoms with E-state index in [9.17, 15) is 0 Å². The predicted molar refractivity (Wildman–Crippen MR) is 140 cm³/mol. The molecular formula is C31H29N3. The number of allylic oxidation sites excluding steroid dienone is 4. The molecule has 6 rings (SSSR count). The maximum absolute atomic E-state index is 4.71. The summed E-state index contributed by atoms with van der Waals surface area (Å²) in [7, 11) is 0. The summed E-state index contributed by atoms with van der Waals surface area (Å²) < 4.78 is 2.29. The highest BCUT2D eigenvalue weighted by atomic mass is 15.3. The molecule has 0 saturated heterocycles. The molecule has 3 aromatic carbocycles. The second kappa shape index (κ2) is 7.95. The number of hydrogen-bond acceptors (Lipinski definition) is 2. The average molecular weight is 444 g/mol. The molecule has 0 amide bonds. The first-order valence-electron chi connectivity index (χ1n) is 12.1. The molecule has 0 N–H and O–H groups in total. The monoisotopic (exact) mass is 443 g/mol. The Morgan fingerprint density at radius 3 is 1.88 bits per heavy atom. The molecular weight excluding hydrogens is 414 g/mol. The molecule has 1 fully saturated rings. The molecule has 0 bridgehead atoms. The van der Waals surface area contributed by atoms with Gasteiger partial charge in [0, 0.05) is 22.7 Å². The van der Waals surface area contributed by atoms with Gasteiger partial charge in [-0.15, -0.1) is 10.2 Å². The molecule has 0 radical (unpaired) electrons. The van der Waals surface area contributed by atoms with Crippen molar-refractivity contribution in [3.05, 3.63) is 103 Å². The normalized spacial score (nSPS) is 19.0. The first-order valence-corrected chi connectivity index (χ1v) is 12.1. The lowest BCUT2D eigenvalue weighted by molar-refractivity contribution is 0.590. The molecule has 2 aliphatic rings. The first kappa shape index (κ1) is 20.9. The molecule has 2 atom stereocenters. The molecule has 168 valence electrons. The molecule has 1 saturated carbocycles. The van der Waals surface area contributed by atoms with Gasteiger partial charge in [0.05, 0.1) is 0 Å². The molecule has 2 aliphatic carbocycles. The van der Waals surface area contributed by atoms with Crippen molar-refractivity contribution in [3.63, 3.8) is 0 Å². The minimum absolute atomic E-state index is 0.121. The van der Waals surface area contributed by atoms with Crippen molar-refractivity contribution in [1.82, 2.24) is 14.8 Å². The lowest BCUT2D eigenvalue weighted by Crippen LogP contribution is -2.11. The van der Waals surface area contributed by atoms with Crippen LogP contribution in [0.1, 0.15) is 32.8 Å². The number of fused-ring (bicyclic) bond motifs is 1. The summed E-state index contributed by atoms with van der Waals surface area (Å²) in [4.78, 5) is 0. The Kier molecular flexibility index (Phi) is 4.88. The summed E-state index contributed by atoms with van der Waals surface area (Å²) in [5, 5.41) is 9.42. The van der Waals surface area contributed by atoms with Gasteiger partial charge in [-0.3, -0.25) is 4.57 Å². The van der Waals surface area contributed by atoms with Crippen molar-refractivity contribution in [2.45, 2.75) is 32.6 Å². The van der Waals surface area contributed by atoms with Crippen LogP contribution in [0.2, 0.25) is 0 Å². The van der Waals surface area contributed by atoms with Crippen LogP contribution in [0.25, 0.3) is 39.6 Å². The van der Waals surface area contributed by atoms with Crippen LogP contribution in [0.5, 0.6) is 0 Å². The van der Waals surface area contributed by atoms with E-state index in [1.807, 2.05) is 6.07 Å². The topological polar surface area (TPSA) is 30.7 Å². The van der Waals surface area contributed by atoms with Crippen molar-refractivity contribution in [1.29, 1.82) is 0 Å². The zero-order valence-electron chi connectivity index (χ0n) is 19.9. The largest absolute Gasteiger partial charge is 0.279 e. The van der Waals surface area contributed by atoms with Crippen molar-refractivity contribution in [2.24, 2.45) is 11.8 Å². The summed E-state index contributed by atoms with van der Waals surface area (Å²) in [6, 6.07) is 28.0. The quantitative estimate of drug-likeness (QED) is 0.325. The Balaban J connectivity index is 1.44. The Morgan fingerprint density at radius 1 is 0.706 bits per heavy atom. The molecule has 4 aromatic rings. The minimum atomic E-state index is 0.121. The van der Waals surface area contributed by atoms with Gasteiger partial charge in [0.2, 0.25) is 0 Å². The predicted octanol–water partition coefficient (Wildman–Crippen LogP) is 7.62. The molecule has 0 spiro atoms. The summed E-state index contributed by atoms with van der Waals surface area (Å²) in [5.74, 6) is 3.01. The zero-order chi connectivity index (χ0) is 23.3. The minimum Gasteiger partial charge on any atom is -0.279 e. The van der Waals surface area contributed by atoms with E-state index in [1.165, 1.54) is 28.8 Å². The van der Waals surface area contributed by atoms with Gasteiger partial charge in [-0.25, -0.2) is 0 Å². The lowest BCUT2D eigenvalue weighted by Gasteiger charge is -2.20. The van der Waals surface area contributed by atoms with Crippen LogP contribution in [0.4, 0.5) is 0 Å². The third kappa shape index (κ3) is 3.71. The molecule has 0 aliphatic heterocycles. The van der Waals surface area contributed by atoms with Crippen LogP contribution in [0, 0.1) is 11.8 Å². The van der Waals surface area contributed by atoms with Gasteiger partial charge < -0.3 is 0 Å². The number of nitrogens with zero attached hydrogens (tertiary/aromatic N) is 3. The van der Waals surface area contributed by atoms with E-state index in [-0.39, 0.29) is 5.41 Å². The van der Waals surface area contributed by atoms with E-state index in [4.69, 9.17) is 10.2 Å². The molecule has 1 aromatic heterocycles. The SMILES string of the molecule is CC(C)(C)c1ccc(-c2nnc(-c3ccc(-c4ccccc4)cc3)n2C2=CC=CC3CC23)cc1. The fraction of sp³-hybridized carbons (Fsp3) is 0.226. The van der Waals surface area contributed by atoms with Crippen molar-refractivity contribution < 1.29 is 0 Å². The summed E-state index contributed by atoms with van der Waals surface area (Å²) in [6.45, 7) is 6.73. The van der Waals surface area contributed by atoms with Crippen LogP contribution in [0.3, 0.4) is 0 Å². The highest BCUT2D eigenvalue weighted by Crippen LogP contribution is 2.51. The van der Waals surface area contributed by atoms with Crippen LogP contribution >= 0.6 is 0 Å². The maximum Gasteiger partial charge on any atom is 0.168 e. The number of aromatic nitrogens is 3. The van der Waals surface area contributed by atoms with E-state index in [1.54, 1.807) is 0 Å². The van der Waals surface area contributed by atoms with Crippen LogP contribution in [-0.2, 0) is 5.41 Å². The Hall–Kier alpha value is -3.72. The van der Waals surface area contributed by atoms with E-state index >= 15 is 0 Å². The van der Waals surface area contributed by atoms with E-state index in [0.29, 0.717) is 11.8 Å². The smallest absolute Gasteiger partial charge is 0.168 e. The second-order valence-corrected chi connectivity index (χ2v) is 10.4. The van der Waals surface area contributed by atoms with E-state index in [0.717, 1.165) is 22.8 Å². The first-order chi connectivity index (χ1) is 16.5. The highest BCUT2D eigenvalue weighted by molar-refractivity contribution is 5.75. The summed E-state index contributed by atoms with van der Waals surface area (Å²) in [5.41, 5.74) is 7.34. The van der Waals surface area contributed by atoms with Crippen molar-refractivity contribution in [3.8, 4) is 33.9 Å².